The molecule has 1 aliphatic rings. The van der Waals surface area contributed by atoms with Gasteiger partial charge >= 0.3 is 0 Å². The third-order valence-electron chi connectivity index (χ3n) is 5.33. The highest BCUT2D eigenvalue weighted by Gasteiger charge is 2.40. The third kappa shape index (κ3) is 4.03. The van der Waals surface area contributed by atoms with Crippen LogP contribution < -0.4 is 15.0 Å². The molecule has 2 amide bonds. The van der Waals surface area contributed by atoms with E-state index in [9.17, 15) is 9.59 Å². The summed E-state index contributed by atoms with van der Waals surface area (Å²) in [6.45, 7) is 4.50. The van der Waals surface area contributed by atoms with Crippen LogP contribution in [0.15, 0.2) is 48.5 Å². The van der Waals surface area contributed by atoms with Crippen LogP contribution in [0.3, 0.4) is 0 Å². The summed E-state index contributed by atoms with van der Waals surface area (Å²) in [5.41, 5.74) is 1.98. The molecular formula is C23H28N2O3. The first-order valence-electron chi connectivity index (χ1n) is 9.75. The molecule has 0 atom stereocenters. The van der Waals surface area contributed by atoms with E-state index in [-0.39, 0.29) is 11.8 Å². The van der Waals surface area contributed by atoms with E-state index in [1.807, 2.05) is 42.5 Å². The van der Waals surface area contributed by atoms with Crippen molar-refractivity contribution in [2.75, 3.05) is 25.1 Å². The van der Waals surface area contributed by atoms with Gasteiger partial charge < -0.3 is 15.0 Å². The maximum atomic E-state index is 13.2. The van der Waals surface area contributed by atoms with E-state index < -0.39 is 5.41 Å². The number of carbonyl (C=O) groups excluding carboxylic acids is 2. The molecule has 0 aliphatic carbocycles. The lowest BCUT2D eigenvalue weighted by molar-refractivity contribution is -0.139. The zero-order chi connectivity index (χ0) is 20.1. The molecule has 1 aliphatic heterocycles. The zero-order valence-corrected chi connectivity index (χ0v) is 16.8. The molecule has 1 heterocycles. The van der Waals surface area contributed by atoms with Gasteiger partial charge in [-0.2, -0.15) is 0 Å². The zero-order valence-electron chi connectivity index (χ0n) is 16.8. The van der Waals surface area contributed by atoms with Crippen LogP contribution in [0, 0.1) is 5.41 Å². The van der Waals surface area contributed by atoms with E-state index in [4.69, 9.17) is 4.74 Å². The second-order valence-electron chi connectivity index (χ2n) is 7.63. The maximum Gasteiger partial charge on any atom is 0.242 e. The standard InChI is InChI=1S/C23H28N2O3/c1-23(2,21(26)24-15-14-18-10-5-7-13-20(18)28-3)22(27)25-16-8-11-17-9-4-6-12-19(17)25/h4-7,9-10,12-13H,8,11,14-16H2,1-3H3,(H,24,26). The normalized spacial score (nSPS) is 13.6. The first-order valence-corrected chi connectivity index (χ1v) is 9.75. The van der Waals surface area contributed by atoms with E-state index in [0.717, 1.165) is 35.4 Å². The lowest BCUT2D eigenvalue weighted by Gasteiger charge is -2.35. The molecule has 0 spiro atoms. The number of ether oxygens (including phenoxy) is 1. The van der Waals surface area contributed by atoms with Gasteiger partial charge in [-0.05, 0) is 56.4 Å². The Labute approximate surface area is 166 Å². The molecule has 3 rings (SSSR count). The summed E-state index contributed by atoms with van der Waals surface area (Å²) in [5, 5.41) is 2.92. The number of nitrogens with zero attached hydrogens (tertiary/aromatic N) is 1. The lowest BCUT2D eigenvalue weighted by atomic mass is 9.88. The van der Waals surface area contributed by atoms with Crippen LogP contribution in [0.25, 0.3) is 0 Å². The molecule has 0 aromatic heterocycles. The van der Waals surface area contributed by atoms with Crippen molar-refractivity contribution >= 4 is 17.5 Å². The van der Waals surface area contributed by atoms with Crippen molar-refractivity contribution in [3.05, 3.63) is 59.7 Å². The van der Waals surface area contributed by atoms with E-state index in [0.29, 0.717) is 19.5 Å². The number of methoxy groups -OCH3 is 1. The molecule has 0 saturated heterocycles. The summed E-state index contributed by atoms with van der Waals surface area (Å²) < 4.78 is 5.35. The molecule has 0 saturated carbocycles. The fourth-order valence-corrected chi connectivity index (χ4v) is 3.62. The molecule has 0 radical (unpaired) electrons. The first-order chi connectivity index (χ1) is 13.4. The Morgan fingerprint density at radius 3 is 2.61 bits per heavy atom. The van der Waals surface area contributed by atoms with E-state index in [2.05, 4.69) is 11.4 Å². The SMILES string of the molecule is COc1ccccc1CCNC(=O)C(C)(C)C(=O)N1CCCc2ccccc21. The number of rotatable bonds is 6. The Morgan fingerprint density at radius 2 is 1.82 bits per heavy atom. The van der Waals surface area contributed by atoms with Crippen LogP contribution in [-0.2, 0) is 22.4 Å². The maximum absolute atomic E-state index is 13.2. The molecule has 2 aromatic rings. The van der Waals surface area contributed by atoms with Gasteiger partial charge in [0.15, 0.2) is 0 Å². The predicted molar refractivity (Wildman–Crippen MR) is 111 cm³/mol. The number of nitrogens with one attached hydrogen (secondary N) is 1. The molecule has 5 heteroatoms. The molecular weight excluding hydrogens is 352 g/mol. The molecule has 0 unspecified atom stereocenters. The second kappa shape index (κ2) is 8.46. The molecule has 2 aromatic carbocycles. The van der Waals surface area contributed by atoms with Gasteiger partial charge in [0.2, 0.25) is 11.8 Å². The Kier molecular flexibility index (Phi) is 6.02. The monoisotopic (exact) mass is 380 g/mol. The highest BCUT2D eigenvalue weighted by atomic mass is 16.5. The fraction of sp³-hybridized carbons (Fsp3) is 0.391. The Hall–Kier alpha value is -2.82. The molecule has 0 fully saturated rings. The van der Waals surface area contributed by atoms with Crippen LogP contribution in [0.5, 0.6) is 5.75 Å². The molecule has 1 N–H and O–H groups in total. The van der Waals surface area contributed by atoms with Gasteiger partial charge in [-0.3, -0.25) is 9.59 Å². The number of amides is 2. The Bertz CT molecular complexity index is 860. The lowest BCUT2D eigenvalue weighted by Crippen LogP contribution is -2.51. The van der Waals surface area contributed by atoms with Crippen molar-refractivity contribution in [2.45, 2.75) is 33.1 Å². The number of para-hydroxylation sites is 2. The largest absolute Gasteiger partial charge is 0.496 e. The topological polar surface area (TPSA) is 58.6 Å². The predicted octanol–water partition coefficient (Wildman–Crippen LogP) is 3.36. The quantitative estimate of drug-likeness (QED) is 0.782. The van der Waals surface area contributed by atoms with Gasteiger partial charge in [0.05, 0.1) is 7.11 Å². The highest BCUT2D eigenvalue weighted by molar-refractivity contribution is 6.11. The average Bonchev–Trinajstić information content (AvgIpc) is 2.73. The van der Waals surface area contributed by atoms with Gasteiger partial charge in [0, 0.05) is 18.8 Å². The van der Waals surface area contributed by atoms with Crippen LogP contribution in [0.1, 0.15) is 31.4 Å². The number of hydrogen-bond donors (Lipinski definition) is 1. The summed E-state index contributed by atoms with van der Waals surface area (Å²) >= 11 is 0. The minimum atomic E-state index is -1.13. The van der Waals surface area contributed by atoms with Crippen molar-refractivity contribution in [2.24, 2.45) is 5.41 Å². The van der Waals surface area contributed by atoms with Crippen LogP contribution in [0.2, 0.25) is 0 Å². The van der Waals surface area contributed by atoms with E-state index in [1.54, 1.807) is 25.9 Å². The number of carbonyl (C=O) groups is 2. The fourth-order valence-electron chi connectivity index (χ4n) is 3.62. The van der Waals surface area contributed by atoms with Crippen molar-refractivity contribution < 1.29 is 14.3 Å². The minimum Gasteiger partial charge on any atom is -0.496 e. The summed E-state index contributed by atoms with van der Waals surface area (Å²) in [5.74, 6) is 0.391. The smallest absolute Gasteiger partial charge is 0.242 e. The average molecular weight is 380 g/mol. The van der Waals surface area contributed by atoms with Gasteiger partial charge in [0.1, 0.15) is 11.2 Å². The van der Waals surface area contributed by atoms with Crippen LogP contribution in [0.4, 0.5) is 5.69 Å². The molecule has 0 bridgehead atoms. The van der Waals surface area contributed by atoms with Crippen molar-refractivity contribution in [1.82, 2.24) is 5.32 Å². The summed E-state index contributed by atoms with van der Waals surface area (Å²) in [6.07, 6.45) is 2.52. The second-order valence-corrected chi connectivity index (χ2v) is 7.63. The van der Waals surface area contributed by atoms with Gasteiger partial charge in [-0.15, -0.1) is 0 Å². The molecule has 28 heavy (non-hydrogen) atoms. The van der Waals surface area contributed by atoms with Crippen molar-refractivity contribution in [3.63, 3.8) is 0 Å². The first kappa shape index (κ1) is 19.9. The van der Waals surface area contributed by atoms with Crippen molar-refractivity contribution in [3.8, 4) is 5.75 Å². The number of hydrogen-bond acceptors (Lipinski definition) is 3. The Balaban J connectivity index is 1.65. The number of fused-ring (bicyclic) bond motifs is 1. The third-order valence-corrected chi connectivity index (χ3v) is 5.33. The van der Waals surface area contributed by atoms with E-state index >= 15 is 0 Å². The number of benzene rings is 2. The minimum absolute atomic E-state index is 0.158. The summed E-state index contributed by atoms with van der Waals surface area (Å²) in [6, 6.07) is 15.7. The van der Waals surface area contributed by atoms with E-state index in [1.165, 1.54) is 0 Å². The van der Waals surface area contributed by atoms with Crippen LogP contribution in [-0.4, -0.2) is 32.0 Å². The summed E-state index contributed by atoms with van der Waals surface area (Å²) in [4.78, 5) is 27.8. The van der Waals surface area contributed by atoms with Gasteiger partial charge in [0.25, 0.3) is 0 Å². The van der Waals surface area contributed by atoms with Crippen molar-refractivity contribution in [1.29, 1.82) is 0 Å². The Morgan fingerprint density at radius 1 is 1.11 bits per heavy atom. The molecule has 5 nitrogen and oxygen atoms in total. The summed E-state index contributed by atoms with van der Waals surface area (Å²) in [7, 11) is 1.63. The number of aryl methyl sites for hydroxylation is 1. The highest BCUT2D eigenvalue weighted by Crippen LogP contribution is 2.31. The number of anilines is 1. The van der Waals surface area contributed by atoms with Gasteiger partial charge in [-0.1, -0.05) is 36.4 Å². The molecule has 148 valence electrons. The van der Waals surface area contributed by atoms with Crippen LogP contribution >= 0.6 is 0 Å². The van der Waals surface area contributed by atoms with Gasteiger partial charge in [-0.25, -0.2) is 0 Å².